The van der Waals surface area contributed by atoms with Gasteiger partial charge in [0, 0.05) is 29.3 Å². The Balaban J connectivity index is 1.62. The Hall–Kier alpha value is -3.00. The quantitative estimate of drug-likeness (QED) is 0.557. The minimum absolute atomic E-state index is 0.192. The summed E-state index contributed by atoms with van der Waals surface area (Å²) in [6, 6.07) is 8.53. The van der Waals surface area contributed by atoms with Crippen LogP contribution in [0, 0.1) is 6.92 Å². The van der Waals surface area contributed by atoms with Crippen molar-refractivity contribution in [2.45, 2.75) is 26.8 Å². The number of rotatable bonds is 4. The maximum atomic E-state index is 12.2. The number of hydrogen-bond acceptors (Lipinski definition) is 7. The molecule has 0 fully saturated rings. The largest absolute Gasteiger partial charge is 0.423 e. The zero-order valence-corrected chi connectivity index (χ0v) is 15.1. The standard InChI is InChI=1S/C18H16N4O3S/c1-3-15-21-22-16(23)8-12(20-18(22)26-15)9-19-11-4-5-13-10(2)6-17(24)25-14(13)7-11/h4-8,19H,3,9H2,1-2H3. The fourth-order valence-corrected chi connectivity index (χ4v) is 3.61. The van der Waals surface area contributed by atoms with E-state index in [2.05, 4.69) is 15.4 Å². The van der Waals surface area contributed by atoms with Crippen LogP contribution in [0.15, 0.2) is 44.3 Å². The summed E-state index contributed by atoms with van der Waals surface area (Å²) in [5, 5.41) is 9.22. The predicted molar refractivity (Wildman–Crippen MR) is 101 cm³/mol. The first-order valence-electron chi connectivity index (χ1n) is 8.20. The average molecular weight is 368 g/mol. The monoisotopic (exact) mass is 368 g/mol. The Morgan fingerprint density at radius 3 is 2.88 bits per heavy atom. The van der Waals surface area contributed by atoms with E-state index in [0.29, 0.717) is 22.8 Å². The third-order valence-corrected chi connectivity index (χ3v) is 5.12. The minimum atomic E-state index is -0.371. The van der Waals surface area contributed by atoms with E-state index in [9.17, 15) is 9.59 Å². The maximum absolute atomic E-state index is 12.2. The molecule has 7 nitrogen and oxygen atoms in total. The van der Waals surface area contributed by atoms with E-state index >= 15 is 0 Å². The minimum Gasteiger partial charge on any atom is -0.423 e. The molecule has 0 amide bonds. The van der Waals surface area contributed by atoms with Crippen LogP contribution in [0.25, 0.3) is 15.9 Å². The molecule has 0 saturated carbocycles. The second-order valence-electron chi connectivity index (χ2n) is 5.94. The van der Waals surface area contributed by atoms with Crippen molar-refractivity contribution in [2.24, 2.45) is 0 Å². The highest BCUT2D eigenvalue weighted by Gasteiger charge is 2.08. The van der Waals surface area contributed by atoms with Gasteiger partial charge in [-0.15, -0.1) is 0 Å². The van der Waals surface area contributed by atoms with Gasteiger partial charge in [-0.2, -0.15) is 9.61 Å². The van der Waals surface area contributed by atoms with Crippen LogP contribution in [0.4, 0.5) is 5.69 Å². The van der Waals surface area contributed by atoms with E-state index in [1.54, 1.807) is 6.07 Å². The fraction of sp³-hybridized carbons (Fsp3) is 0.222. The van der Waals surface area contributed by atoms with Crippen LogP contribution >= 0.6 is 11.3 Å². The van der Waals surface area contributed by atoms with E-state index in [1.807, 2.05) is 26.0 Å². The van der Waals surface area contributed by atoms with Crippen molar-refractivity contribution < 1.29 is 4.42 Å². The first kappa shape index (κ1) is 16.5. The Morgan fingerprint density at radius 1 is 1.23 bits per heavy atom. The molecule has 4 aromatic rings. The van der Waals surface area contributed by atoms with Crippen LogP contribution in [-0.4, -0.2) is 14.6 Å². The van der Waals surface area contributed by atoms with Gasteiger partial charge in [0.05, 0.1) is 12.2 Å². The van der Waals surface area contributed by atoms with Crippen LogP contribution < -0.4 is 16.5 Å². The molecule has 0 atom stereocenters. The second-order valence-corrected chi connectivity index (χ2v) is 6.98. The van der Waals surface area contributed by atoms with Gasteiger partial charge in [-0.3, -0.25) is 4.79 Å². The van der Waals surface area contributed by atoms with E-state index < -0.39 is 0 Å². The molecule has 3 aromatic heterocycles. The summed E-state index contributed by atoms with van der Waals surface area (Å²) < 4.78 is 6.59. The van der Waals surface area contributed by atoms with E-state index in [0.717, 1.165) is 28.1 Å². The van der Waals surface area contributed by atoms with Gasteiger partial charge >= 0.3 is 5.63 Å². The van der Waals surface area contributed by atoms with Gasteiger partial charge in [-0.25, -0.2) is 9.78 Å². The molecule has 4 rings (SSSR count). The lowest BCUT2D eigenvalue weighted by Crippen LogP contribution is -2.16. The van der Waals surface area contributed by atoms with E-state index in [4.69, 9.17) is 4.42 Å². The number of hydrogen-bond donors (Lipinski definition) is 1. The third kappa shape index (κ3) is 2.99. The second kappa shape index (κ2) is 6.38. The third-order valence-electron chi connectivity index (χ3n) is 4.07. The fourth-order valence-electron chi connectivity index (χ4n) is 2.76. The summed E-state index contributed by atoms with van der Waals surface area (Å²) in [7, 11) is 0. The van der Waals surface area contributed by atoms with Gasteiger partial charge < -0.3 is 9.73 Å². The Kier molecular flexibility index (Phi) is 4.04. The molecular formula is C18H16N4O3S. The summed E-state index contributed by atoms with van der Waals surface area (Å²) in [5.74, 6) is 0. The van der Waals surface area contributed by atoms with Crippen LogP contribution in [0.5, 0.6) is 0 Å². The summed E-state index contributed by atoms with van der Waals surface area (Å²) in [4.78, 5) is 28.8. The first-order valence-corrected chi connectivity index (χ1v) is 9.02. The van der Waals surface area contributed by atoms with Crippen molar-refractivity contribution in [1.82, 2.24) is 14.6 Å². The highest BCUT2D eigenvalue weighted by atomic mass is 32.1. The van der Waals surface area contributed by atoms with Crippen molar-refractivity contribution >= 4 is 33.0 Å². The Labute approximate surface area is 151 Å². The van der Waals surface area contributed by atoms with Crippen molar-refractivity contribution in [1.29, 1.82) is 0 Å². The summed E-state index contributed by atoms with van der Waals surface area (Å²) in [5.41, 5.74) is 2.25. The molecule has 1 aromatic carbocycles. The van der Waals surface area contributed by atoms with E-state index in [-0.39, 0.29) is 11.2 Å². The molecule has 132 valence electrons. The van der Waals surface area contributed by atoms with Gasteiger partial charge in [0.1, 0.15) is 10.6 Å². The molecule has 0 aliphatic carbocycles. The number of nitrogens with zero attached hydrogens (tertiary/aromatic N) is 3. The summed E-state index contributed by atoms with van der Waals surface area (Å²) >= 11 is 1.42. The molecule has 0 unspecified atom stereocenters. The average Bonchev–Trinajstić information content (AvgIpc) is 3.03. The molecule has 0 saturated heterocycles. The van der Waals surface area contributed by atoms with Gasteiger partial charge in [-0.05, 0) is 31.0 Å². The maximum Gasteiger partial charge on any atom is 0.336 e. The topological polar surface area (TPSA) is 89.5 Å². The highest BCUT2D eigenvalue weighted by Crippen LogP contribution is 2.21. The number of benzene rings is 1. The lowest BCUT2D eigenvalue weighted by molar-refractivity contribution is 0.560. The Bertz CT molecular complexity index is 1240. The van der Waals surface area contributed by atoms with Crippen LogP contribution in [-0.2, 0) is 13.0 Å². The SMILES string of the molecule is CCc1nn2c(=O)cc(CNc3ccc4c(C)cc(=O)oc4c3)nc2s1. The number of fused-ring (bicyclic) bond motifs is 2. The molecular weight excluding hydrogens is 352 g/mol. The zero-order chi connectivity index (χ0) is 18.3. The smallest absolute Gasteiger partial charge is 0.336 e. The van der Waals surface area contributed by atoms with Gasteiger partial charge in [-0.1, -0.05) is 18.3 Å². The van der Waals surface area contributed by atoms with Crippen molar-refractivity contribution in [3.63, 3.8) is 0 Å². The van der Waals surface area contributed by atoms with Crippen molar-refractivity contribution in [3.05, 3.63) is 67.4 Å². The summed E-state index contributed by atoms with van der Waals surface area (Å²) in [6.45, 7) is 4.25. The van der Waals surface area contributed by atoms with Crippen LogP contribution in [0.1, 0.15) is 23.2 Å². The molecule has 3 heterocycles. The lowest BCUT2D eigenvalue weighted by atomic mass is 10.1. The molecule has 26 heavy (non-hydrogen) atoms. The first-order chi connectivity index (χ1) is 12.5. The molecule has 0 bridgehead atoms. The van der Waals surface area contributed by atoms with E-state index in [1.165, 1.54) is 28.0 Å². The van der Waals surface area contributed by atoms with Gasteiger partial charge in [0.2, 0.25) is 4.96 Å². The summed E-state index contributed by atoms with van der Waals surface area (Å²) in [6.07, 6.45) is 0.767. The highest BCUT2D eigenvalue weighted by molar-refractivity contribution is 7.16. The lowest BCUT2D eigenvalue weighted by Gasteiger charge is -2.07. The van der Waals surface area contributed by atoms with Crippen LogP contribution in [0.2, 0.25) is 0 Å². The number of anilines is 1. The molecule has 0 aliphatic rings. The molecule has 1 N–H and O–H groups in total. The van der Waals surface area contributed by atoms with Gasteiger partial charge in [0.15, 0.2) is 0 Å². The molecule has 8 heteroatoms. The predicted octanol–water partition coefficient (Wildman–Crippen LogP) is 2.74. The number of aromatic nitrogens is 3. The molecule has 0 aliphatic heterocycles. The van der Waals surface area contributed by atoms with Crippen molar-refractivity contribution in [2.75, 3.05) is 5.32 Å². The normalized spacial score (nSPS) is 11.3. The molecule has 0 spiro atoms. The zero-order valence-electron chi connectivity index (χ0n) is 14.3. The van der Waals surface area contributed by atoms with Crippen molar-refractivity contribution in [3.8, 4) is 0 Å². The van der Waals surface area contributed by atoms with Crippen LogP contribution in [0.3, 0.4) is 0 Å². The number of aryl methyl sites for hydroxylation is 2. The Morgan fingerprint density at radius 2 is 2.08 bits per heavy atom. The molecule has 0 radical (unpaired) electrons. The number of nitrogens with one attached hydrogen (secondary N) is 1. The van der Waals surface area contributed by atoms with Gasteiger partial charge in [0.25, 0.3) is 5.56 Å².